The van der Waals surface area contributed by atoms with Crippen LogP contribution in [-0.2, 0) is 15.1 Å². The highest BCUT2D eigenvalue weighted by Crippen LogP contribution is 2.55. The fourth-order valence-corrected chi connectivity index (χ4v) is 5.57. The number of carbonyl (C=O) groups is 2. The lowest BCUT2D eigenvalue weighted by Crippen LogP contribution is -2.53. The minimum Gasteiger partial charge on any atom is -0.495 e. The van der Waals surface area contributed by atoms with E-state index in [0.29, 0.717) is 40.7 Å². The summed E-state index contributed by atoms with van der Waals surface area (Å²) in [5.74, 6) is -1.21. The molecule has 0 aromatic heterocycles. The third kappa shape index (κ3) is 2.65. The van der Waals surface area contributed by atoms with E-state index in [2.05, 4.69) is 15.5 Å². The Morgan fingerprint density at radius 2 is 2.17 bits per heavy atom. The molecular weight excluding hydrogens is 409 g/mol. The number of carbonyl (C=O) groups excluding carboxylic acids is 2. The van der Waals surface area contributed by atoms with Crippen LogP contribution in [0, 0.1) is 11.7 Å². The number of ether oxygens (including phenoxy) is 1. The summed E-state index contributed by atoms with van der Waals surface area (Å²) in [7, 11) is 1.51. The molecule has 5 rings (SSSR count). The Labute approximate surface area is 178 Å². The Morgan fingerprint density at radius 1 is 1.33 bits per heavy atom. The van der Waals surface area contributed by atoms with Crippen LogP contribution in [-0.4, -0.2) is 36.4 Å². The average molecular weight is 430 g/mol. The smallest absolute Gasteiger partial charge is 0.250 e. The average Bonchev–Trinajstić information content (AvgIpc) is 3.37. The molecular formula is C22H21ClFN3O3. The van der Waals surface area contributed by atoms with Crippen molar-refractivity contribution in [3.63, 3.8) is 0 Å². The van der Waals surface area contributed by atoms with Crippen molar-refractivity contribution in [2.75, 3.05) is 24.3 Å². The number of fused-ring (bicyclic) bond motifs is 4. The van der Waals surface area contributed by atoms with E-state index in [1.54, 1.807) is 24.3 Å². The van der Waals surface area contributed by atoms with E-state index in [1.165, 1.54) is 19.2 Å². The van der Waals surface area contributed by atoms with Gasteiger partial charge < -0.3 is 15.4 Å². The van der Waals surface area contributed by atoms with Gasteiger partial charge in [0.25, 0.3) is 0 Å². The Kier molecular flexibility index (Phi) is 4.48. The molecule has 3 atom stereocenters. The van der Waals surface area contributed by atoms with E-state index in [4.69, 9.17) is 16.3 Å². The van der Waals surface area contributed by atoms with Crippen molar-refractivity contribution < 1.29 is 18.7 Å². The van der Waals surface area contributed by atoms with Gasteiger partial charge in [-0.2, -0.15) is 0 Å². The zero-order valence-corrected chi connectivity index (χ0v) is 17.1. The van der Waals surface area contributed by atoms with E-state index < -0.39 is 17.3 Å². The van der Waals surface area contributed by atoms with Crippen molar-refractivity contribution in [3.05, 3.63) is 52.8 Å². The normalized spacial score (nSPS) is 27.1. The van der Waals surface area contributed by atoms with E-state index >= 15 is 0 Å². The zero-order chi connectivity index (χ0) is 21.0. The number of methoxy groups -OCH3 is 1. The Morgan fingerprint density at radius 3 is 2.97 bits per heavy atom. The summed E-state index contributed by atoms with van der Waals surface area (Å²) in [6, 6.07) is 9.33. The standard InChI is InChI=1S/C22H21ClFN3O3/c1-30-19-7-4-12(23)9-18(19)25-20(28)16-11-14-3-2-8-27(14)22(16)15-10-13(24)5-6-17(15)26-21(22)29/h4-7,9-10,14,16H,2-3,8,11H2,1H3,(H,25,28)(H,26,29)/t14-,16-,22+/m0/s1. The third-order valence-electron chi connectivity index (χ3n) is 6.56. The molecule has 0 unspecified atom stereocenters. The largest absolute Gasteiger partial charge is 0.495 e. The van der Waals surface area contributed by atoms with Gasteiger partial charge in [0.1, 0.15) is 17.1 Å². The molecule has 2 amide bonds. The van der Waals surface area contributed by atoms with Gasteiger partial charge in [0.15, 0.2) is 0 Å². The maximum atomic E-state index is 14.2. The van der Waals surface area contributed by atoms with Crippen molar-refractivity contribution in [1.82, 2.24) is 4.90 Å². The summed E-state index contributed by atoms with van der Waals surface area (Å²) in [4.78, 5) is 29.0. The monoisotopic (exact) mass is 429 g/mol. The lowest BCUT2D eigenvalue weighted by atomic mass is 9.78. The summed E-state index contributed by atoms with van der Waals surface area (Å²) in [6.45, 7) is 0.693. The summed E-state index contributed by atoms with van der Waals surface area (Å²) in [6.07, 6.45) is 2.38. The zero-order valence-electron chi connectivity index (χ0n) is 16.4. The summed E-state index contributed by atoms with van der Waals surface area (Å²) in [5, 5.41) is 6.24. The summed E-state index contributed by atoms with van der Waals surface area (Å²) < 4.78 is 19.5. The highest BCUT2D eigenvalue weighted by Gasteiger charge is 2.65. The van der Waals surface area contributed by atoms with Gasteiger partial charge in [0, 0.05) is 22.3 Å². The number of amides is 2. The first-order valence-corrected chi connectivity index (χ1v) is 10.4. The van der Waals surface area contributed by atoms with Crippen LogP contribution in [0.15, 0.2) is 36.4 Å². The quantitative estimate of drug-likeness (QED) is 0.779. The van der Waals surface area contributed by atoms with Crippen molar-refractivity contribution >= 4 is 34.8 Å². The molecule has 8 heteroatoms. The first-order chi connectivity index (χ1) is 14.4. The van der Waals surface area contributed by atoms with Crippen LogP contribution < -0.4 is 15.4 Å². The molecule has 0 saturated carbocycles. The predicted octanol–water partition coefficient (Wildman–Crippen LogP) is 3.76. The first kappa shape index (κ1) is 19.3. The molecule has 3 aliphatic rings. The Balaban J connectivity index is 1.59. The first-order valence-electron chi connectivity index (χ1n) is 9.97. The number of nitrogens with zero attached hydrogens (tertiary/aromatic N) is 1. The van der Waals surface area contributed by atoms with E-state index in [1.807, 2.05) is 0 Å². The second-order valence-electron chi connectivity index (χ2n) is 8.02. The van der Waals surface area contributed by atoms with Crippen LogP contribution in [0.1, 0.15) is 24.8 Å². The minimum atomic E-state index is -1.21. The maximum absolute atomic E-state index is 14.2. The summed E-state index contributed by atoms with van der Waals surface area (Å²) >= 11 is 6.10. The highest BCUT2D eigenvalue weighted by molar-refractivity contribution is 6.31. The number of halogens is 2. The van der Waals surface area contributed by atoms with Crippen molar-refractivity contribution in [1.29, 1.82) is 0 Å². The van der Waals surface area contributed by atoms with Gasteiger partial charge in [-0.25, -0.2) is 4.39 Å². The predicted molar refractivity (Wildman–Crippen MR) is 111 cm³/mol. The lowest BCUT2D eigenvalue weighted by molar-refractivity contribution is -0.135. The molecule has 0 radical (unpaired) electrons. The van der Waals surface area contributed by atoms with Gasteiger partial charge in [0.2, 0.25) is 11.8 Å². The number of rotatable bonds is 3. The van der Waals surface area contributed by atoms with Gasteiger partial charge in [-0.15, -0.1) is 0 Å². The molecule has 30 heavy (non-hydrogen) atoms. The topological polar surface area (TPSA) is 70.7 Å². The number of hydrogen-bond donors (Lipinski definition) is 2. The molecule has 3 aliphatic heterocycles. The van der Waals surface area contributed by atoms with E-state index in [-0.39, 0.29) is 17.9 Å². The van der Waals surface area contributed by atoms with Gasteiger partial charge in [-0.3, -0.25) is 14.5 Å². The van der Waals surface area contributed by atoms with Crippen LogP contribution in [0.3, 0.4) is 0 Å². The Hall–Kier alpha value is -2.64. The molecule has 156 valence electrons. The van der Waals surface area contributed by atoms with Crippen LogP contribution in [0.2, 0.25) is 5.02 Å². The van der Waals surface area contributed by atoms with Gasteiger partial charge in [-0.05, 0) is 62.2 Å². The molecule has 0 aliphatic carbocycles. The second kappa shape index (κ2) is 6.96. The van der Waals surface area contributed by atoms with Gasteiger partial charge >= 0.3 is 0 Å². The molecule has 3 heterocycles. The molecule has 2 N–H and O–H groups in total. The van der Waals surface area contributed by atoms with Crippen molar-refractivity contribution in [3.8, 4) is 5.75 Å². The van der Waals surface area contributed by atoms with Gasteiger partial charge in [0.05, 0.1) is 18.7 Å². The second-order valence-corrected chi connectivity index (χ2v) is 8.46. The van der Waals surface area contributed by atoms with Crippen molar-refractivity contribution in [2.45, 2.75) is 30.8 Å². The molecule has 2 fully saturated rings. The molecule has 0 bridgehead atoms. The van der Waals surface area contributed by atoms with E-state index in [9.17, 15) is 14.0 Å². The Bertz CT molecular complexity index is 1060. The van der Waals surface area contributed by atoms with Crippen molar-refractivity contribution in [2.24, 2.45) is 5.92 Å². The van der Waals surface area contributed by atoms with Crippen LogP contribution >= 0.6 is 11.6 Å². The van der Waals surface area contributed by atoms with Crippen LogP contribution in [0.5, 0.6) is 5.75 Å². The fourth-order valence-electron chi connectivity index (χ4n) is 5.39. The van der Waals surface area contributed by atoms with E-state index in [0.717, 1.165) is 12.8 Å². The lowest BCUT2D eigenvalue weighted by Gasteiger charge is -2.36. The number of anilines is 2. The number of benzene rings is 2. The van der Waals surface area contributed by atoms with Crippen LogP contribution in [0.25, 0.3) is 0 Å². The highest BCUT2D eigenvalue weighted by atomic mass is 35.5. The van der Waals surface area contributed by atoms with Gasteiger partial charge in [-0.1, -0.05) is 11.6 Å². The minimum absolute atomic E-state index is 0.0991. The maximum Gasteiger partial charge on any atom is 0.250 e. The molecule has 2 aromatic carbocycles. The number of hydrogen-bond acceptors (Lipinski definition) is 4. The fraction of sp³-hybridized carbons (Fsp3) is 0.364. The molecule has 6 nitrogen and oxygen atoms in total. The molecule has 1 spiro atoms. The molecule has 2 aromatic rings. The SMILES string of the molecule is COc1ccc(Cl)cc1NC(=O)[C@@H]1C[C@@H]2CCCN2[C@@]12C(=O)Nc1ccc(F)cc12. The van der Waals surface area contributed by atoms with Crippen LogP contribution in [0.4, 0.5) is 15.8 Å². The number of nitrogens with one attached hydrogen (secondary N) is 2. The third-order valence-corrected chi connectivity index (χ3v) is 6.80. The summed E-state index contributed by atoms with van der Waals surface area (Å²) in [5.41, 5.74) is 0.325. The molecule has 2 saturated heterocycles.